The summed E-state index contributed by atoms with van der Waals surface area (Å²) >= 11 is 0. The molecule has 2 fully saturated rings. The first-order chi connectivity index (χ1) is 16.3. The van der Waals surface area contributed by atoms with Crippen molar-refractivity contribution < 1.29 is 18.0 Å². The van der Waals surface area contributed by atoms with E-state index in [0.717, 1.165) is 55.0 Å². The first-order valence-corrected chi connectivity index (χ1v) is 11.6. The van der Waals surface area contributed by atoms with Crippen LogP contribution in [0.15, 0.2) is 54.6 Å². The second kappa shape index (κ2) is 8.91. The van der Waals surface area contributed by atoms with Gasteiger partial charge < -0.3 is 15.5 Å². The van der Waals surface area contributed by atoms with Gasteiger partial charge >= 0.3 is 6.18 Å². The van der Waals surface area contributed by atoms with Gasteiger partial charge in [0, 0.05) is 42.5 Å². The van der Waals surface area contributed by atoms with Crippen LogP contribution in [0.4, 0.5) is 24.7 Å². The fraction of sp³-hybridized carbons (Fsp3) is 0.385. The number of carbonyl (C=O) groups is 1. The third kappa shape index (κ3) is 4.87. The van der Waals surface area contributed by atoms with Crippen LogP contribution in [0.25, 0.3) is 10.9 Å². The molecule has 2 aliphatic rings. The number of alkyl halides is 3. The molecule has 5 rings (SSSR count). The van der Waals surface area contributed by atoms with E-state index in [-0.39, 0.29) is 12.3 Å². The number of aromatic nitrogens is 1. The van der Waals surface area contributed by atoms with Crippen molar-refractivity contribution in [3.63, 3.8) is 0 Å². The molecule has 0 aliphatic carbocycles. The molecule has 1 aromatic heterocycles. The minimum atomic E-state index is -4.36. The molecule has 3 heterocycles. The van der Waals surface area contributed by atoms with Crippen LogP contribution in [0.5, 0.6) is 0 Å². The first-order valence-electron chi connectivity index (χ1n) is 11.6. The molecule has 2 aliphatic heterocycles. The molecular formula is C26H27F3N4O. The molecule has 1 amide bonds. The van der Waals surface area contributed by atoms with E-state index in [1.165, 1.54) is 25.0 Å². The summed E-state index contributed by atoms with van der Waals surface area (Å²) in [7, 11) is 0. The summed E-state index contributed by atoms with van der Waals surface area (Å²) in [5.41, 5.74) is 1.94. The SMILES string of the molecule is O=C(CCc1ccc(C(F)(F)F)cc1)Nc1ccc2nc(N3CC[C@]4(CCNC4)C3)ccc2c1. The van der Waals surface area contributed by atoms with Gasteiger partial charge in [-0.1, -0.05) is 12.1 Å². The standard InChI is InChI=1S/C26H27F3N4O/c27-26(28,29)20-5-1-18(2-6-20)3-10-24(34)31-21-7-8-22-19(15-21)4-9-23(32-22)33-14-12-25(17-33)11-13-30-16-25/h1-2,4-9,15,30H,3,10-14,16-17H2,(H,31,34)/t25-/m0/s1. The number of hydrogen-bond acceptors (Lipinski definition) is 4. The van der Waals surface area contributed by atoms with Crippen molar-refractivity contribution >= 4 is 28.3 Å². The van der Waals surface area contributed by atoms with Crippen LogP contribution >= 0.6 is 0 Å². The highest BCUT2D eigenvalue weighted by Crippen LogP contribution is 2.38. The monoisotopic (exact) mass is 468 g/mol. The molecule has 0 radical (unpaired) electrons. The molecule has 8 heteroatoms. The molecule has 34 heavy (non-hydrogen) atoms. The number of amides is 1. The maximum atomic E-state index is 12.7. The number of nitrogens with zero attached hydrogens (tertiary/aromatic N) is 2. The van der Waals surface area contributed by atoms with Crippen molar-refractivity contribution in [2.45, 2.75) is 31.9 Å². The van der Waals surface area contributed by atoms with Gasteiger partial charge in [-0.3, -0.25) is 4.79 Å². The predicted molar refractivity (Wildman–Crippen MR) is 127 cm³/mol. The molecule has 2 saturated heterocycles. The first kappa shape index (κ1) is 22.7. The lowest BCUT2D eigenvalue weighted by Gasteiger charge is -2.23. The van der Waals surface area contributed by atoms with E-state index in [4.69, 9.17) is 4.98 Å². The normalized spacial score (nSPS) is 20.4. The van der Waals surface area contributed by atoms with E-state index in [1.54, 1.807) is 0 Å². The van der Waals surface area contributed by atoms with Gasteiger partial charge in [0.1, 0.15) is 5.82 Å². The number of aryl methyl sites for hydroxylation is 1. The Morgan fingerprint density at radius 2 is 1.91 bits per heavy atom. The van der Waals surface area contributed by atoms with Crippen LogP contribution in [-0.4, -0.2) is 37.1 Å². The van der Waals surface area contributed by atoms with E-state index in [9.17, 15) is 18.0 Å². The van der Waals surface area contributed by atoms with E-state index >= 15 is 0 Å². The van der Waals surface area contributed by atoms with Crippen LogP contribution in [0.3, 0.4) is 0 Å². The second-order valence-corrected chi connectivity index (χ2v) is 9.42. The van der Waals surface area contributed by atoms with Crippen LogP contribution in [0.1, 0.15) is 30.4 Å². The van der Waals surface area contributed by atoms with Gasteiger partial charge in [-0.2, -0.15) is 13.2 Å². The number of nitrogens with one attached hydrogen (secondary N) is 2. The molecule has 1 atom stereocenters. The molecule has 0 bridgehead atoms. The molecule has 0 saturated carbocycles. The molecule has 3 aromatic rings. The summed E-state index contributed by atoms with van der Waals surface area (Å²) in [6.07, 6.45) is -1.39. The van der Waals surface area contributed by atoms with E-state index in [1.807, 2.05) is 30.3 Å². The summed E-state index contributed by atoms with van der Waals surface area (Å²) < 4.78 is 38.0. The van der Waals surface area contributed by atoms with E-state index in [2.05, 4.69) is 15.5 Å². The highest BCUT2D eigenvalue weighted by atomic mass is 19.4. The molecule has 1 spiro atoms. The van der Waals surface area contributed by atoms with Gasteiger partial charge in [0.2, 0.25) is 5.91 Å². The zero-order chi connectivity index (χ0) is 23.8. The lowest BCUT2D eigenvalue weighted by atomic mass is 9.87. The molecule has 2 N–H and O–H groups in total. The van der Waals surface area contributed by atoms with Gasteiger partial charge in [0.15, 0.2) is 0 Å². The third-order valence-electron chi connectivity index (χ3n) is 6.97. The van der Waals surface area contributed by atoms with E-state index < -0.39 is 11.7 Å². The predicted octanol–water partition coefficient (Wildman–Crippen LogP) is 5.01. The van der Waals surface area contributed by atoms with Crippen molar-refractivity contribution in [2.75, 3.05) is 36.4 Å². The van der Waals surface area contributed by atoms with Crippen LogP contribution in [-0.2, 0) is 17.4 Å². The summed E-state index contributed by atoms with van der Waals surface area (Å²) in [5.74, 6) is 0.806. The van der Waals surface area contributed by atoms with Crippen molar-refractivity contribution in [2.24, 2.45) is 5.41 Å². The number of anilines is 2. The van der Waals surface area contributed by atoms with Gasteiger partial charge in [-0.15, -0.1) is 0 Å². The number of benzene rings is 2. The van der Waals surface area contributed by atoms with Gasteiger partial charge in [-0.05, 0) is 73.8 Å². The largest absolute Gasteiger partial charge is 0.416 e. The number of hydrogen-bond donors (Lipinski definition) is 2. The number of pyridine rings is 1. The Labute approximate surface area is 196 Å². The van der Waals surface area contributed by atoms with Gasteiger partial charge in [-0.25, -0.2) is 4.98 Å². The van der Waals surface area contributed by atoms with Crippen LogP contribution in [0, 0.1) is 5.41 Å². The Hall–Kier alpha value is -3.13. The van der Waals surface area contributed by atoms with Crippen molar-refractivity contribution in [1.82, 2.24) is 10.3 Å². The lowest BCUT2D eigenvalue weighted by molar-refractivity contribution is -0.137. The maximum Gasteiger partial charge on any atom is 0.416 e. The number of halogens is 3. The average molecular weight is 469 g/mol. The number of carbonyl (C=O) groups excluding carboxylic acids is 1. The van der Waals surface area contributed by atoms with Crippen molar-refractivity contribution in [1.29, 1.82) is 0 Å². The minimum absolute atomic E-state index is 0.184. The van der Waals surface area contributed by atoms with E-state index in [0.29, 0.717) is 23.1 Å². The fourth-order valence-corrected chi connectivity index (χ4v) is 4.98. The summed E-state index contributed by atoms with van der Waals surface area (Å²) in [6, 6.07) is 14.6. The van der Waals surface area contributed by atoms with Gasteiger partial charge in [0.05, 0.1) is 11.1 Å². The topological polar surface area (TPSA) is 57.3 Å². The minimum Gasteiger partial charge on any atom is -0.356 e. The summed E-state index contributed by atoms with van der Waals surface area (Å²) in [4.78, 5) is 19.6. The zero-order valence-corrected chi connectivity index (χ0v) is 18.8. The third-order valence-corrected chi connectivity index (χ3v) is 6.97. The van der Waals surface area contributed by atoms with Crippen molar-refractivity contribution in [3.05, 3.63) is 65.7 Å². The molecule has 2 aromatic carbocycles. The van der Waals surface area contributed by atoms with Crippen LogP contribution < -0.4 is 15.5 Å². The Kier molecular flexibility index (Phi) is 5.93. The number of fused-ring (bicyclic) bond motifs is 1. The number of rotatable bonds is 5. The highest BCUT2D eigenvalue weighted by Gasteiger charge is 2.40. The lowest BCUT2D eigenvalue weighted by Crippen LogP contribution is -2.29. The Morgan fingerprint density at radius 3 is 2.65 bits per heavy atom. The molecular weight excluding hydrogens is 441 g/mol. The Morgan fingerprint density at radius 1 is 1.09 bits per heavy atom. The maximum absolute atomic E-state index is 12.7. The molecule has 0 unspecified atom stereocenters. The van der Waals surface area contributed by atoms with Gasteiger partial charge in [0.25, 0.3) is 0 Å². The smallest absolute Gasteiger partial charge is 0.356 e. The Bertz CT molecular complexity index is 1190. The second-order valence-electron chi connectivity index (χ2n) is 9.42. The average Bonchev–Trinajstić information content (AvgIpc) is 3.47. The summed E-state index contributed by atoms with van der Waals surface area (Å²) in [6.45, 7) is 4.23. The van der Waals surface area contributed by atoms with Crippen LogP contribution in [0.2, 0.25) is 0 Å². The summed E-state index contributed by atoms with van der Waals surface area (Å²) in [5, 5.41) is 7.31. The highest BCUT2D eigenvalue weighted by molar-refractivity contribution is 5.94. The Balaban J connectivity index is 1.19. The zero-order valence-electron chi connectivity index (χ0n) is 18.8. The fourth-order valence-electron chi connectivity index (χ4n) is 4.98. The molecule has 178 valence electrons. The quantitative estimate of drug-likeness (QED) is 0.553. The van der Waals surface area contributed by atoms with Crippen molar-refractivity contribution in [3.8, 4) is 0 Å². The molecule has 5 nitrogen and oxygen atoms in total.